The van der Waals surface area contributed by atoms with Gasteiger partial charge in [-0.1, -0.05) is 0 Å². The van der Waals surface area contributed by atoms with E-state index in [1.165, 1.54) is 7.11 Å². The van der Waals surface area contributed by atoms with Crippen LogP contribution in [-0.4, -0.2) is 66.6 Å². The molecule has 1 N–H and O–H groups in total. The number of piperazine rings is 1. The number of unbranched alkanes of at least 4 members (excludes halogenated alkanes) is 1. The summed E-state index contributed by atoms with van der Waals surface area (Å²) in [6.07, 6.45) is 1.92. The van der Waals surface area contributed by atoms with Gasteiger partial charge >= 0.3 is 12.0 Å². The Morgan fingerprint density at radius 3 is 2.67 bits per heavy atom. The highest BCUT2D eigenvalue weighted by atomic mass is 32.1. The third-order valence-electron chi connectivity index (χ3n) is 4.02. The predicted octanol–water partition coefficient (Wildman–Crippen LogP) is 1.62. The molecule has 0 unspecified atom stereocenters. The molecule has 2 heterocycles. The first kappa shape index (κ1) is 18.7. The van der Waals surface area contributed by atoms with Crippen molar-refractivity contribution in [3.63, 3.8) is 0 Å². The number of carbonyl (C=O) groups excluding carboxylic acids is 2. The second-order valence-electron chi connectivity index (χ2n) is 5.89. The summed E-state index contributed by atoms with van der Waals surface area (Å²) in [4.78, 5) is 31.8. The van der Waals surface area contributed by atoms with Crippen LogP contribution in [0, 0.1) is 6.92 Å². The molecule has 8 heteroatoms. The van der Waals surface area contributed by atoms with Crippen LogP contribution in [0.3, 0.4) is 0 Å². The van der Waals surface area contributed by atoms with Gasteiger partial charge in [0.25, 0.3) is 0 Å². The van der Waals surface area contributed by atoms with Crippen molar-refractivity contribution in [1.29, 1.82) is 0 Å². The maximum atomic E-state index is 12.1. The van der Waals surface area contributed by atoms with Gasteiger partial charge in [0.2, 0.25) is 0 Å². The van der Waals surface area contributed by atoms with Crippen molar-refractivity contribution in [1.82, 2.24) is 20.1 Å². The lowest BCUT2D eigenvalue weighted by atomic mass is 10.2. The molecule has 0 atom stereocenters. The van der Waals surface area contributed by atoms with Crippen LogP contribution >= 0.6 is 11.3 Å². The fraction of sp³-hybridized carbons (Fsp3) is 0.688. The Bertz CT molecular complexity index is 541. The Morgan fingerprint density at radius 1 is 1.29 bits per heavy atom. The molecule has 0 saturated carbocycles. The number of hydrogen-bond donors (Lipinski definition) is 1. The van der Waals surface area contributed by atoms with E-state index in [1.807, 2.05) is 11.8 Å². The van der Waals surface area contributed by atoms with Crippen molar-refractivity contribution in [2.45, 2.75) is 32.7 Å². The maximum Gasteiger partial charge on any atom is 0.317 e. The number of amides is 2. The molecule has 1 fully saturated rings. The van der Waals surface area contributed by atoms with Crippen molar-refractivity contribution in [3.8, 4) is 0 Å². The summed E-state index contributed by atoms with van der Waals surface area (Å²) in [5.41, 5.74) is 1.11. The number of hydrogen-bond acceptors (Lipinski definition) is 6. The van der Waals surface area contributed by atoms with Gasteiger partial charge in [0.1, 0.15) is 0 Å². The van der Waals surface area contributed by atoms with E-state index in [0.29, 0.717) is 13.0 Å². The lowest BCUT2D eigenvalue weighted by Gasteiger charge is -2.34. The Morgan fingerprint density at radius 2 is 2.04 bits per heavy atom. The van der Waals surface area contributed by atoms with Crippen LogP contribution < -0.4 is 5.32 Å². The molecule has 24 heavy (non-hydrogen) atoms. The molecule has 0 spiro atoms. The van der Waals surface area contributed by atoms with Gasteiger partial charge in [0, 0.05) is 51.1 Å². The van der Waals surface area contributed by atoms with Gasteiger partial charge in [-0.3, -0.25) is 9.69 Å². The van der Waals surface area contributed by atoms with E-state index >= 15 is 0 Å². The van der Waals surface area contributed by atoms with Gasteiger partial charge in [0.05, 0.1) is 17.8 Å². The molecule has 0 aliphatic carbocycles. The number of aryl methyl sites for hydroxylation is 1. The van der Waals surface area contributed by atoms with Gasteiger partial charge in [-0.25, -0.2) is 9.78 Å². The molecule has 1 aromatic rings. The smallest absolute Gasteiger partial charge is 0.317 e. The van der Waals surface area contributed by atoms with Crippen molar-refractivity contribution >= 4 is 23.3 Å². The summed E-state index contributed by atoms with van der Waals surface area (Å²) in [6, 6.07) is -0.0165. The minimum absolute atomic E-state index is 0.0165. The molecule has 0 bridgehead atoms. The van der Waals surface area contributed by atoms with E-state index in [-0.39, 0.29) is 12.0 Å². The molecular formula is C16H26N4O3S. The summed E-state index contributed by atoms with van der Waals surface area (Å²) in [5, 5.41) is 6.11. The highest BCUT2D eigenvalue weighted by Gasteiger charge is 2.21. The summed E-state index contributed by atoms with van der Waals surface area (Å²) in [5.74, 6) is -0.201. The number of esters is 1. The average molecular weight is 354 g/mol. The summed E-state index contributed by atoms with van der Waals surface area (Å²) < 4.78 is 4.58. The number of nitrogens with one attached hydrogen (secondary N) is 1. The number of ether oxygens (including phenoxy) is 1. The maximum absolute atomic E-state index is 12.1. The second kappa shape index (κ2) is 9.58. The zero-order valence-corrected chi connectivity index (χ0v) is 15.2. The second-order valence-corrected chi connectivity index (χ2v) is 6.95. The van der Waals surface area contributed by atoms with E-state index in [9.17, 15) is 9.59 Å². The third-order valence-corrected chi connectivity index (χ3v) is 4.85. The highest BCUT2D eigenvalue weighted by molar-refractivity contribution is 7.09. The number of nitrogens with zero attached hydrogens (tertiary/aromatic N) is 3. The molecule has 2 rings (SSSR count). The molecule has 7 nitrogen and oxygen atoms in total. The van der Waals surface area contributed by atoms with Crippen LogP contribution in [0.5, 0.6) is 0 Å². The normalized spacial score (nSPS) is 15.3. The summed E-state index contributed by atoms with van der Waals surface area (Å²) >= 11 is 1.67. The number of thiazole rings is 1. The molecule has 1 aromatic heterocycles. The van der Waals surface area contributed by atoms with Crippen LogP contribution in [0.15, 0.2) is 5.38 Å². The van der Waals surface area contributed by atoms with Crippen LogP contribution in [0.1, 0.15) is 30.0 Å². The minimum Gasteiger partial charge on any atom is -0.469 e. The van der Waals surface area contributed by atoms with E-state index in [2.05, 4.69) is 25.3 Å². The van der Waals surface area contributed by atoms with Gasteiger partial charge < -0.3 is 15.0 Å². The van der Waals surface area contributed by atoms with Crippen molar-refractivity contribution in [2.24, 2.45) is 0 Å². The summed E-state index contributed by atoms with van der Waals surface area (Å²) in [6.45, 7) is 6.66. The van der Waals surface area contributed by atoms with Crippen molar-refractivity contribution in [2.75, 3.05) is 39.8 Å². The average Bonchev–Trinajstić information content (AvgIpc) is 2.99. The monoisotopic (exact) mass is 354 g/mol. The first-order chi connectivity index (χ1) is 11.6. The lowest BCUT2D eigenvalue weighted by molar-refractivity contribution is -0.140. The lowest BCUT2D eigenvalue weighted by Crippen LogP contribution is -2.51. The molecule has 0 aromatic carbocycles. The van der Waals surface area contributed by atoms with Crippen molar-refractivity contribution in [3.05, 3.63) is 16.1 Å². The van der Waals surface area contributed by atoms with E-state index < -0.39 is 0 Å². The van der Waals surface area contributed by atoms with Crippen LogP contribution in [0.4, 0.5) is 4.79 Å². The first-order valence-electron chi connectivity index (χ1n) is 8.31. The SMILES string of the molecule is COC(=O)CCCCNC(=O)N1CCN(Cc2csc(C)n2)CC1. The number of carbonyl (C=O) groups is 2. The topological polar surface area (TPSA) is 74.8 Å². The molecule has 1 aliphatic rings. The molecule has 134 valence electrons. The molecule has 1 aliphatic heterocycles. The largest absolute Gasteiger partial charge is 0.469 e. The number of aromatic nitrogens is 1. The van der Waals surface area contributed by atoms with E-state index in [0.717, 1.165) is 56.3 Å². The van der Waals surface area contributed by atoms with Crippen LogP contribution in [-0.2, 0) is 16.1 Å². The van der Waals surface area contributed by atoms with Crippen LogP contribution in [0.25, 0.3) is 0 Å². The Hall–Kier alpha value is -1.67. The number of methoxy groups -OCH3 is 1. The quantitative estimate of drug-likeness (QED) is 0.595. The van der Waals surface area contributed by atoms with Gasteiger partial charge in [0.15, 0.2) is 0 Å². The zero-order valence-electron chi connectivity index (χ0n) is 14.4. The Labute approximate surface area is 147 Å². The van der Waals surface area contributed by atoms with Gasteiger partial charge in [-0.15, -0.1) is 11.3 Å². The predicted molar refractivity (Wildman–Crippen MR) is 93.0 cm³/mol. The fourth-order valence-electron chi connectivity index (χ4n) is 2.62. The molecule has 2 amide bonds. The third kappa shape index (κ3) is 6.09. The standard InChI is InChI=1S/C16H26N4O3S/c1-13-18-14(12-24-13)11-19-7-9-20(10-8-19)16(22)17-6-4-3-5-15(21)23-2/h12H,3-11H2,1-2H3,(H,17,22). The Balaban J connectivity index is 1.59. The highest BCUT2D eigenvalue weighted by Crippen LogP contribution is 2.12. The molecule has 0 radical (unpaired) electrons. The minimum atomic E-state index is -0.201. The Kier molecular flexibility index (Phi) is 7.45. The van der Waals surface area contributed by atoms with E-state index in [1.54, 1.807) is 11.3 Å². The number of rotatable bonds is 7. The zero-order chi connectivity index (χ0) is 17.4. The van der Waals surface area contributed by atoms with Gasteiger partial charge in [-0.2, -0.15) is 0 Å². The van der Waals surface area contributed by atoms with Crippen LogP contribution in [0.2, 0.25) is 0 Å². The van der Waals surface area contributed by atoms with E-state index in [4.69, 9.17) is 0 Å². The summed E-state index contributed by atoms with van der Waals surface area (Å²) in [7, 11) is 1.39. The number of urea groups is 1. The fourth-order valence-corrected chi connectivity index (χ4v) is 3.23. The first-order valence-corrected chi connectivity index (χ1v) is 9.19. The van der Waals surface area contributed by atoms with Gasteiger partial charge in [-0.05, 0) is 19.8 Å². The van der Waals surface area contributed by atoms with Crippen molar-refractivity contribution < 1.29 is 14.3 Å². The molecular weight excluding hydrogens is 328 g/mol. The molecule has 1 saturated heterocycles.